The van der Waals surface area contributed by atoms with E-state index in [1.54, 1.807) is 12.3 Å². The zero-order valence-electron chi connectivity index (χ0n) is 18.4. The normalized spacial score (nSPS) is 14.9. The molecular formula is C27H24N4O2. The zero-order chi connectivity index (χ0) is 22.5. The number of hydrogen-bond acceptors (Lipinski definition) is 4. The first kappa shape index (κ1) is 19.7. The Morgan fingerprint density at radius 3 is 2.70 bits per heavy atom. The van der Waals surface area contributed by atoms with E-state index in [2.05, 4.69) is 51.9 Å². The van der Waals surface area contributed by atoms with Crippen LogP contribution in [0.3, 0.4) is 0 Å². The van der Waals surface area contributed by atoms with Crippen LogP contribution in [-0.4, -0.2) is 32.9 Å². The highest BCUT2D eigenvalue weighted by molar-refractivity contribution is 6.01. The molecule has 0 unspecified atom stereocenters. The molecular weight excluding hydrogens is 412 g/mol. The summed E-state index contributed by atoms with van der Waals surface area (Å²) in [5.74, 6) is -0.229. The smallest absolute Gasteiger partial charge is 0.336 e. The van der Waals surface area contributed by atoms with Crippen molar-refractivity contribution < 1.29 is 9.90 Å². The van der Waals surface area contributed by atoms with Crippen LogP contribution in [0.4, 0.5) is 11.4 Å². The third-order valence-corrected chi connectivity index (χ3v) is 6.70. The van der Waals surface area contributed by atoms with Crippen LogP contribution in [0.15, 0.2) is 60.8 Å². The fourth-order valence-electron chi connectivity index (χ4n) is 4.67. The van der Waals surface area contributed by atoms with Gasteiger partial charge in [-0.15, -0.1) is 0 Å². The number of aromatic nitrogens is 3. The number of para-hydroxylation sites is 1. The van der Waals surface area contributed by atoms with E-state index in [0.717, 1.165) is 51.3 Å². The molecule has 0 radical (unpaired) electrons. The Kier molecular flexibility index (Phi) is 4.54. The van der Waals surface area contributed by atoms with E-state index in [1.165, 1.54) is 12.8 Å². The Bertz CT molecular complexity index is 1420. The van der Waals surface area contributed by atoms with Gasteiger partial charge in [-0.3, -0.25) is 9.67 Å². The Labute approximate surface area is 191 Å². The molecule has 2 aliphatic carbocycles. The van der Waals surface area contributed by atoms with E-state index >= 15 is 0 Å². The van der Waals surface area contributed by atoms with Crippen molar-refractivity contribution in [1.29, 1.82) is 0 Å². The molecule has 2 aliphatic rings. The standard InChI is InChI=1S/C27H24N4O2/c1-30(19-5-3-2-4-6-19)20-9-10-22-25(15-20)31(16-17-7-8-17)29-26(22)18-13-23-21(27(32)33)11-12-28-24(23)14-18/h2-6,9-12,14-15,17H,7-8,13,16H2,1H3,(H,32,33). The fourth-order valence-corrected chi connectivity index (χ4v) is 4.67. The molecule has 2 heterocycles. The SMILES string of the molecule is CN(c1ccccc1)c1ccc2c(C3=Cc4nccc(C(=O)O)c4C3)nn(CC3CC3)c2c1. The quantitative estimate of drug-likeness (QED) is 0.438. The van der Waals surface area contributed by atoms with Gasteiger partial charge in [-0.05, 0) is 72.4 Å². The maximum Gasteiger partial charge on any atom is 0.336 e. The fraction of sp³-hybridized carbons (Fsp3) is 0.222. The minimum Gasteiger partial charge on any atom is -0.478 e. The molecule has 1 fully saturated rings. The molecule has 6 heteroatoms. The van der Waals surface area contributed by atoms with Crippen molar-refractivity contribution in [3.63, 3.8) is 0 Å². The number of carboxylic acids is 1. The maximum absolute atomic E-state index is 11.7. The molecule has 164 valence electrons. The number of benzene rings is 2. The Morgan fingerprint density at radius 1 is 1.12 bits per heavy atom. The zero-order valence-corrected chi connectivity index (χ0v) is 18.4. The van der Waals surface area contributed by atoms with Crippen LogP contribution in [0.1, 0.15) is 40.2 Å². The molecule has 2 aromatic carbocycles. The molecule has 0 atom stereocenters. The Morgan fingerprint density at radius 2 is 1.94 bits per heavy atom. The molecule has 0 spiro atoms. The van der Waals surface area contributed by atoms with Crippen molar-refractivity contribution in [2.24, 2.45) is 5.92 Å². The summed E-state index contributed by atoms with van der Waals surface area (Å²) < 4.78 is 2.14. The predicted molar refractivity (Wildman–Crippen MR) is 130 cm³/mol. The van der Waals surface area contributed by atoms with E-state index in [-0.39, 0.29) is 0 Å². The molecule has 0 saturated heterocycles. The van der Waals surface area contributed by atoms with Crippen molar-refractivity contribution in [3.8, 4) is 0 Å². The van der Waals surface area contributed by atoms with Crippen LogP contribution >= 0.6 is 0 Å². The maximum atomic E-state index is 11.7. The van der Waals surface area contributed by atoms with Crippen molar-refractivity contribution in [2.45, 2.75) is 25.8 Å². The van der Waals surface area contributed by atoms with Gasteiger partial charge in [-0.25, -0.2) is 4.79 Å². The summed E-state index contributed by atoms with van der Waals surface area (Å²) in [6.45, 7) is 0.911. The molecule has 1 saturated carbocycles. The number of carbonyl (C=O) groups is 1. The van der Waals surface area contributed by atoms with Gasteiger partial charge in [0.1, 0.15) is 0 Å². The van der Waals surface area contributed by atoms with Gasteiger partial charge in [-0.2, -0.15) is 5.10 Å². The molecule has 2 aromatic heterocycles. The predicted octanol–water partition coefficient (Wildman–Crippen LogP) is 5.40. The summed E-state index contributed by atoms with van der Waals surface area (Å²) in [4.78, 5) is 18.3. The topological polar surface area (TPSA) is 71.2 Å². The molecule has 6 nitrogen and oxygen atoms in total. The third-order valence-electron chi connectivity index (χ3n) is 6.70. The molecule has 33 heavy (non-hydrogen) atoms. The first-order valence-electron chi connectivity index (χ1n) is 11.3. The van der Waals surface area contributed by atoms with Crippen LogP contribution < -0.4 is 4.90 Å². The van der Waals surface area contributed by atoms with Gasteiger partial charge in [0.15, 0.2) is 0 Å². The second-order valence-corrected chi connectivity index (χ2v) is 8.94. The van der Waals surface area contributed by atoms with Crippen LogP contribution in [0, 0.1) is 5.92 Å². The number of aromatic carboxylic acids is 1. The van der Waals surface area contributed by atoms with Crippen molar-refractivity contribution in [3.05, 3.63) is 83.3 Å². The highest BCUT2D eigenvalue weighted by Gasteiger charge is 2.27. The van der Waals surface area contributed by atoms with Crippen LogP contribution in [0.25, 0.3) is 22.6 Å². The van der Waals surface area contributed by atoms with E-state index in [0.29, 0.717) is 17.9 Å². The molecule has 0 amide bonds. The monoisotopic (exact) mass is 436 g/mol. The summed E-state index contributed by atoms with van der Waals surface area (Å²) in [5.41, 5.74) is 7.12. The second-order valence-electron chi connectivity index (χ2n) is 8.94. The minimum atomic E-state index is -0.916. The van der Waals surface area contributed by atoms with Crippen LogP contribution in [0.2, 0.25) is 0 Å². The van der Waals surface area contributed by atoms with Crippen LogP contribution in [0.5, 0.6) is 0 Å². The van der Waals surface area contributed by atoms with Gasteiger partial charge in [-0.1, -0.05) is 18.2 Å². The molecule has 0 aliphatic heterocycles. The van der Waals surface area contributed by atoms with Gasteiger partial charge >= 0.3 is 5.97 Å². The van der Waals surface area contributed by atoms with E-state index in [9.17, 15) is 9.90 Å². The summed E-state index contributed by atoms with van der Waals surface area (Å²) >= 11 is 0. The number of anilines is 2. The Hall–Kier alpha value is -3.93. The molecule has 1 N–H and O–H groups in total. The average Bonchev–Trinajstić information content (AvgIpc) is 3.43. The highest BCUT2D eigenvalue weighted by atomic mass is 16.4. The average molecular weight is 437 g/mol. The van der Waals surface area contributed by atoms with Crippen molar-refractivity contribution in [2.75, 3.05) is 11.9 Å². The van der Waals surface area contributed by atoms with Gasteiger partial charge < -0.3 is 10.0 Å². The number of nitrogens with zero attached hydrogens (tertiary/aromatic N) is 4. The summed E-state index contributed by atoms with van der Waals surface area (Å²) in [6, 6.07) is 18.4. The second kappa shape index (κ2) is 7.59. The first-order chi connectivity index (χ1) is 16.1. The number of fused-ring (bicyclic) bond motifs is 2. The minimum absolute atomic E-state index is 0.319. The first-order valence-corrected chi connectivity index (χ1v) is 11.3. The summed E-state index contributed by atoms with van der Waals surface area (Å²) in [5, 5.41) is 15.7. The van der Waals surface area contributed by atoms with E-state index < -0.39 is 5.97 Å². The van der Waals surface area contributed by atoms with Crippen molar-refractivity contribution >= 4 is 39.9 Å². The number of pyridine rings is 1. The van der Waals surface area contributed by atoms with Gasteiger partial charge in [0.2, 0.25) is 0 Å². The lowest BCUT2D eigenvalue weighted by Gasteiger charge is -2.19. The van der Waals surface area contributed by atoms with Crippen LogP contribution in [-0.2, 0) is 13.0 Å². The van der Waals surface area contributed by atoms with Crippen molar-refractivity contribution in [1.82, 2.24) is 14.8 Å². The summed E-state index contributed by atoms with van der Waals surface area (Å²) in [6.07, 6.45) is 6.60. The highest BCUT2D eigenvalue weighted by Crippen LogP contribution is 2.38. The molecule has 4 aromatic rings. The largest absolute Gasteiger partial charge is 0.478 e. The molecule has 0 bridgehead atoms. The molecule has 6 rings (SSSR count). The lowest BCUT2D eigenvalue weighted by atomic mass is 10.0. The lowest BCUT2D eigenvalue weighted by Crippen LogP contribution is -2.09. The Balaban J connectivity index is 1.43. The third kappa shape index (κ3) is 3.48. The summed E-state index contributed by atoms with van der Waals surface area (Å²) in [7, 11) is 2.08. The number of rotatable bonds is 6. The van der Waals surface area contributed by atoms with E-state index in [1.807, 2.05) is 24.3 Å². The number of allylic oxidation sites excluding steroid dienone is 1. The van der Waals surface area contributed by atoms with E-state index in [4.69, 9.17) is 5.10 Å². The van der Waals surface area contributed by atoms with Gasteiger partial charge in [0, 0.05) is 43.0 Å². The lowest BCUT2D eigenvalue weighted by molar-refractivity contribution is 0.0695. The van der Waals surface area contributed by atoms with Gasteiger partial charge in [0.05, 0.1) is 22.5 Å². The number of hydrogen-bond donors (Lipinski definition) is 1. The van der Waals surface area contributed by atoms with Gasteiger partial charge in [0.25, 0.3) is 0 Å². The number of carboxylic acid groups (broad SMARTS) is 1.